The lowest BCUT2D eigenvalue weighted by Crippen LogP contribution is -2.28. The standard InChI is InChI=1S/C17H23NO2/c1-4-14-5-7-15(8-6-14)20-16-11-17(19)18(12-16)10-9-13(2)3/h4-8,13,16H,1,9-12H2,2-3H3. The van der Waals surface area contributed by atoms with Crippen molar-refractivity contribution in [1.29, 1.82) is 0 Å². The minimum Gasteiger partial charge on any atom is -0.488 e. The van der Waals surface area contributed by atoms with Crippen molar-refractivity contribution in [2.75, 3.05) is 13.1 Å². The third-order valence-corrected chi connectivity index (χ3v) is 3.57. The number of ether oxygens (including phenoxy) is 1. The summed E-state index contributed by atoms with van der Waals surface area (Å²) in [6, 6.07) is 7.79. The monoisotopic (exact) mass is 273 g/mol. The number of hydrogen-bond donors (Lipinski definition) is 0. The molecule has 2 rings (SSSR count). The van der Waals surface area contributed by atoms with E-state index in [1.54, 1.807) is 6.08 Å². The van der Waals surface area contributed by atoms with E-state index in [1.165, 1.54) is 0 Å². The predicted molar refractivity (Wildman–Crippen MR) is 81.6 cm³/mol. The van der Waals surface area contributed by atoms with Gasteiger partial charge in [-0.05, 0) is 30.0 Å². The quantitative estimate of drug-likeness (QED) is 0.795. The molecular formula is C17H23NO2. The van der Waals surface area contributed by atoms with Crippen LogP contribution in [0.3, 0.4) is 0 Å². The van der Waals surface area contributed by atoms with Gasteiger partial charge in [0.05, 0.1) is 13.0 Å². The van der Waals surface area contributed by atoms with Crippen LogP contribution in [0.4, 0.5) is 0 Å². The third kappa shape index (κ3) is 3.86. The van der Waals surface area contributed by atoms with Crippen LogP contribution in [0.5, 0.6) is 5.75 Å². The van der Waals surface area contributed by atoms with Gasteiger partial charge in [-0.15, -0.1) is 0 Å². The summed E-state index contributed by atoms with van der Waals surface area (Å²) in [6.45, 7) is 9.62. The summed E-state index contributed by atoms with van der Waals surface area (Å²) >= 11 is 0. The van der Waals surface area contributed by atoms with E-state index >= 15 is 0 Å². The molecule has 0 spiro atoms. The Bertz CT molecular complexity index is 464. The van der Waals surface area contributed by atoms with Crippen LogP contribution in [0.15, 0.2) is 30.8 Å². The van der Waals surface area contributed by atoms with Crippen LogP contribution in [-0.2, 0) is 4.79 Å². The number of likely N-dealkylation sites (tertiary alicyclic amines) is 1. The molecule has 20 heavy (non-hydrogen) atoms. The number of carbonyl (C=O) groups is 1. The first-order valence-corrected chi connectivity index (χ1v) is 7.25. The highest BCUT2D eigenvalue weighted by Crippen LogP contribution is 2.20. The molecule has 1 aromatic rings. The van der Waals surface area contributed by atoms with Crippen molar-refractivity contribution in [2.24, 2.45) is 5.92 Å². The first-order chi connectivity index (χ1) is 9.58. The lowest BCUT2D eigenvalue weighted by atomic mass is 10.1. The molecule has 1 aromatic carbocycles. The summed E-state index contributed by atoms with van der Waals surface area (Å²) in [7, 11) is 0. The van der Waals surface area contributed by atoms with Crippen molar-refractivity contribution in [3.63, 3.8) is 0 Å². The van der Waals surface area contributed by atoms with Gasteiger partial charge in [-0.2, -0.15) is 0 Å². The largest absolute Gasteiger partial charge is 0.488 e. The zero-order chi connectivity index (χ0) is 14.5. The van der Waals surface area contributed by atoms with Crippen LogP contribution in [0.1, 0.15) is 32.3 Å². The van der Waals surface area contributed by atoms with Crippen molar-refractivity contribution >= 4 is 12.0 Å². The molecule has 1 fully saturated rings. The molecule has 0 bridgehead atoms. The van der Waals surface area contributed by atoms with Crippen LogP contribution in [0.25, 0.3) is 6.08 Å². The highest BCUT2D eigenvalue weighted by Gasteiger charge is 2.30. The van der Waals surface area contributed by atoms with Crippen molar-refractivity contribution in [3.8, 4) is 5.75 Å². The van der Waals surface area contributed by atoms with Crippen LogP contribution < -0.4 is 4.74 Å². The lowest BCUT2D eigenvalue weighted by Gasteiger charge is -2.18. The summed E-state index contributed by atoms with van der Waals surface area (Å²) < 4.78 is 5.89. The zero-order valence-electron chi connectivity index (χ0n) is 12.3. The van der Waals surface area contributed by atoms with Gasteiger partial charge in [0.25, 0.3) is 0 Å². The molecule has 0 radical (unpaired) electrons. The van der Waals surface area contributed by atoms with Crippen LogP contribution in [-0.4, -0.2) is 30.0 Å². The van der Waals surface area contributed by atoms with Gasteiger partial charge < -0.3 is 9.64 Å². The van der Waals surface area contributed by atoms with E-state index in [0.717, 1.165) is 24.3 Å². The lowest BCUT2D eigenvalue weighted by molar-refractivity contribution is -0.127. The third-order valence-electron chi connectivity index (χ3n) is 3.57. The number of benzene rings is 1. The van der Waals surface area contributed by atoms with Gasteiger partial charge in [0.15, 0.2) is 0 Å². The molecule has 108 valence electrons. The number of nitrogens with zero attached hydrogens (tertiary/aromatic N) is 1. The molecule has 0 aliphatic carbocycles. The van der Waals surface area contributed by atoms with Crippen LogP contribution in [0, 0.1) is 5.92 Å². The van der Waals surface area contributed by atoms with E-state index in [1.807, 2.05) is 29.2 Å². The van der Waals surface area contributed by atoms with E-state index in [4.69, 9.17) is 4.74 Å². The summed E-state index contributed by atoms with van der Waals surface area (Å²) in [5.41, 5.74) is 1.07. The van der Waals surface area contributed by atoms with Crippen LogP contribution >= 0.6 is 0 Å². The highest BCUT2D eigenvalue weighted by molar-refractivity contribution is 5.79. The Labute approximate surface area is 121 Å². The SMILES string of the molecule is C=Cc1ccc(OC2CC(=O)N(CCC(C)C)C2)cc1. The maximum absolute atomic E-state index is 11.9. The molecule has 1 amide bonds. The Morgan fingerprint density at radius 2 is 2.10 bits per heavy atom. The zero-order valence-corrected chi connectivity index (χ0v) is 12.3. The van der Waals surface area contributed by atoms with Gasteiger partial charge >= 0.3 is 0 Å². The van der Waals surface area contributed by atoms with Gasteiger partial charge in [-0.3, -0.25) is 4.79 Å². The van der Waals surface area contributed by atoms with Crippen molar-refractivity contribution < 1.29 is 9.53 Å². The topological polar surface area (TPSA) is 29.5 Å². The number of carbonyl (C=O) groups excluding carboxylic acids is 1. The van der Waals surface area contributed by atoms with Gasteiger partial charge in [-0.1, -0.05) is 38.6 Å². The summed E-state index contributed by atoms with van der Waals surface area (Å²) in [4.78, 5) is 13.8. The minimum absolute atomic E-state index is 0.0238. The Balaban J connectivity index is 1.88. The molecule has 0 saturated carbocycles. The minimum atomic E-state index is -0.0238. The molecule has 1 atom stereocenters. The van der Waals surface area contributed by atoms with Crippen molar-refractivity contribution in [2.45, 2.75) is 32.8 Å². The average molecular weight is 273 g/mol. The smallest absolute Gasteiger partial charge is 0.226 e. The van der Waals surface area contributed by atoms with E-state index < -0.39 is 0 Å². The second kappa shape index (κ2) is 6.60. The Kier molecular flexibility index (Phi) is 4.83. The van der Waals surface area contributed by atoms with Gasteiger partial charge in [0, 0.05) is 6.54 Å². The predicted octanol–water partition coefficient (Wildman–Crippen LogP) is 3.36. The van der Waals surface area contributed by atoms with Gasteiger partial charge in [0.1, 0.15) is 11.9 Å². The molecule has 1 saturated heterocycles. The van der Waals surface area contributed by atoms with Gasteiger partial charge in [0.2, 0.25) is 5.91 Å². The molecule has 3 heteroatoms. The van der Waals surface area contributed by atoms with Crippen LogP contribution in [0.2, 0.25) is 0 Å². The molecule has 1 unspecified atom stereocenters. The maximum atomic E-state index is 11.9. The molecule has 0 aromatic heterocycles. The molecule has 0 N–H and O–H groups in total. The van der Waals surface area contributed by atoms with Crippen molar-refractivity contribution in [3.05, 3.63) is 36.4 Å². The maximum Gasteiger partial charge on any atom is 0.226 e. The summed E-state index contributed by atoms with van der Waals surface area (Å²) in [5, 5.41) is 0. The first kappa shape index (κ1) is 14.6. The number of hydrogen-bond acceptors (Lipinski definition) is 2. The highest BCUT2D eigenvalue weighted by atomic mass is 16.5. The Morgan fingerprint density at radius 1 is 1.40 bits per heavy atom. The van der Waals surface area contributed by atoms with E-state index in [0.29, 0.717) is 18.9 Å². The fourth-order valence-electron chi connectivity index (χ4n) is 2.32. The Hall–Kier alpha value is -1.77. The molecule has 1 aliphatic heterocycles. The number of amides is 1. The normalized spacial score (nSPS) is 18.6. The molecule has 3 nitrogen and oxygen atoms in total. The van der Waals surface area contributed by atoms with E-state index in [9.17, 15) is 4.79 Å². The van der Waals surface area contributed by atoms with Crippen molar-refractivity contribution in [1.82, 2.24) is 4.90 Å². The molecule has 1 aliphatic rings. The van der Waals surface area contributed by atoms with E-state index in [-0.39, 0.29) is 12.0 Å². The van der Waals surface area contributed by atoms with E-state index in [2.05, 4.69) is 20.4 Å². The first-order valence-electron chi connectivity index (χ1n) is 7.25. The Morgan fingerprint density at radius 3 is 2.70 bits per heavy atom. The second-order valence-corrected chi connectivity index (χ2v) is 5.74. The number of rotatable bonds is 6. The summed E-state index contributed by atoms with van der Waals surface area (Å²) in [5.74, 6) is 1.65. The molecule has 1 heterocycles. The van der Waals surface area contributed by atoms with Gasteiger partial charge in [-0.25, -0.2) is 0 Å². The molecular weight excluding hydrogens is 250 g/mol. The average Bonchev–Trinajstić information content (AvgIpc) is 2.77. The fraction of sp³-hybridized carbons (Fsp3) is 0.471. The summed E-state index contributed by atoms with van der Waals surface area (Å²) in [6.07, 6.45) is 3.31. The second-order valence-electron chi connectivity index (χ2n) is 5.74. The fourth-order valence-corrected chi connectivity index (χ4v) is 2.32.